The molecule has 2 N–H and O–H groups in total. The molecule has 0 bridgehead atoms. The van der Waals surface area contributed by atoms with E-state index in [0.29, 0.717) is 30.0 Å². The lowest BCUT2D eigenvalue weighted by molar-refractivity contribution is -0.121. The summed E-state index contributed by atoms with van der Waals surface area (Å²) in [5, 5.41) is 9.64. The Kier molecular flexibility index (Phi) is 4.80. The predicted octanol–water partition coefficient (Wildman–Crippen LogP) is 3.05. The zero-order chi connectivity index (χ0) is 19.5. The fourth-order valence-electron chi connectivity index (χ4n) is 3.21. The number of hydrogen-bond donors (Lipinski definition) is 2. The van der Waals surface area contributed by atoms with E-state index in [-0.39, 0.29) is 11.8 Å². The van der Waals surface area contributed by atoms with Gasteiger partial charge in [0, 0.05) is 17.4 Å². The van der Waals surface area contributed by atoms with Gasteiger partial charge in [-0.2, -0.15) is 5.10 Å². The van der Waals surface area contributed by atoms with E-state index >= 15 is 0 Å². The van der Waals surface area contributed by atoms with Gasteiger partial charge in [-0.3, -0.25) is 9.89 Å². The van der Waals surface area contributed by atoms with Crippen LogP contribution in [0.3, 0.4) is 0 Å². The molecule has 142 valence electrons. The predicted molar refractivity (Wildman–Crippen MR) is 103 cm³/mol. The number of fused-ring (bicyclic) bond motifs is 1. The van der Waals surface area contributed by atoms with Gasteiger partial charge in [-0.25, -0.2) is 4.79 Å². The highest BCUT2D eigenvalue weighted by Crippen LogP contribution is 2.29. The Balaban J connectivity index is 1.44. The zero-order valence-electron chi connectivity index (χ0n) is 15.3. The Bertz CT molecular complexity index is 997. The Morgan fingerprint density at radius 2 is 2.00 bits per heavy atom. The molecule has 1 amide bonds. The van der Waals surface area contributed by atoms with Crippen LogP contribution < -0.4 is 10.1 Å². The van der Waals surface area contributed by atoms with Gasteiger partial charge in [0.1, 0.15) is 12.4 Å². The number of amides is 1. The molecule has 2 aromatic carbocycles. The molecule has 0 aliphatic carbocycles. The number of methoxy groups -OCH3 is 1. The second kappa shape index (κ2) is 7.56. The van der Waals surface area contributed by atoms with Crippen LogP contribution in [0.5, 0.6) is 5.75 Å². The van der Waals surface area contributed by atoms with Crippen LogP contribution in [-0.4, -0.2) is 35.8 Å². The zero-order valence-corrected chi connectivity index (χ0v) is 15.3. The minimum atomic E-state index is -0.410. The van der Waals surface area contributed by atoms with Crippen LogP contribution in [0.15, 0.2) is 54.9 Å². The maximum absolute atomic E-state index is 12.7. The lowest BCUT2D eigenvalue weighted by Gasteiger charge is -2.25. The fourth-order valence-corrected chi connectivity index (χ4v) is 3.21. The van der Waals surface area contributed by atoms with Crippen molar-refractivity contribution in [2.75, 3.05) is 19.0 Å². The van der Waals surface area contributed by atoms with Crippen LogP contribution in [0.1, 0.15) is 15.9 Å². The molecule has 4 rings (SSSR count). The lowest BCUT2D eigenvalue weighted by atomic mass is 9.94. The SMILES string of the molecule is COC(=O)c1ccc2c(c1)CC(C(=O)Nc1ccc(-c3cn[nH]c3)cc1)CO2. The third kappa shape index (κ3) is 3.59. The van der Waals surface area contributed by atoms with E-state index < -0.39 is 5.97 Å². The number of hydrogen-bond acceptors (Lipinski definition) is 5. The minimum absolute atomic E-state index is 0.120. The van der Waals surface area contributed by atoms with Crippen molar-refractivity contribution in [1.29, 1.82) is 0 Å². The second-order valence-electron chi connectivity index (χ2n) is 6.58. The summed E-state index contributed by atoms with van der Waals surface area (Å²) < 4.78 is 10.5. The standard InChI is InChI=1S/C21H19N3O4/c1-27-21(26)14-4-7-19-15(8-14)9-16(12-28-19)20(25)24-18-5-2-13(3-6-18)17-10-22-23-11-17/h2-8,10-11,16H,9,12H2,1H3,(H,22,23)(H,24,25). The van der Waals surface area contributed by atoms with Gasteiger partial charge in [-0.15, -0.1) is 0 Å². The van der Waals surface area contributed by atoms with Gasteiger partial charge < -0.3 is 14.8 Å². The molecule has 0 fully saturated rings. The van der Waals surface area contributed by atoms with Gasteiger partial charge in [0.2, 0.25) is 5.91 Å². The van der Waals surface area contributed by atoms with Gasteiger partial charge in [-0.05, 0) is 47.9 Å². The Labute approximate surface area is 161 Å². The van der Waals surface area contributed by atoms with Gasteiger partial charge >= 0.3 is 5.97 Å². The van der Waals surface area contributed by atoms with E-state index in [2.05, 4.69) is 15.5 Å². The van der Waals surface area contributed by atoms with Crippen LogP contribution in [0, 0.1) is 5.92 Å². The molecule has 3 aromatic rings. The average Bonchev–Trinajstić information content (AvgIpc) is 3.27. The van der Waals surface area contributed by atoms with Crippen LogP contribution in [0.25, 0.3) is 11.1 Å². The van der Waals surface area contributed by atoms with Crippen molar-refractivity contribution >= 4 is 17.6 Å². The quantitative estimate of drug-likeness (QED) is 0.682. The highest BCUT2D eigenvalue weighted by atomic mass is 16.5. The number of H-pyrrole nitrogens is 1. The van der Waals surface area contributed by atoms with Crippen LogP contribution >= 0.6 is 0 Å². The number of nitrogens with zero attached hydrogens (tertiary/aromatic N) is 1. The molecule has 1 aliphatic heterocycles. The van der Waals surface area contributed by atoms with Crippen molar-refractivity contribution in [3.8, 4) is 16.9 Å². The molecule has 1 unspecified atom stereocenters. The lowest BCUT2D eigenvalue weighted by Crippen LogP contribution is -2.32. The minimum Gasteiger partial charge on any atom is -0.492 e. The first kappa shape index (κ1) is 17.8. The Morgan fingerprint density at radius 3 is 2.71 bits per heavy atom. The number of rotatable bonds is 4. The van der Waals surface area contributed by atoms with Crippen molar-refractivity contribution in [2.24, 2.45) is 5.92 Å². The highest BCUT2D eigenvalue weighted by Gasteiger charge is 2.27. The summed E-state index contributed by atoms with van der Waals surface area (Å²) in [7, 11) is 1.34. The first-order valence-corrected chi connectivity index (χ1v) is 8.88. The molecule has 28 heavy (non-hydrogen) atoms. The summed E-state index contributed by atoms with van der Waals surface area (Å²) >= 11 is 0. The molecule has 1 aromatic heterocycles. The number of esters is 1. The second-order valence-corrected chi connectivity index (χ2v) is 6.58. The van der Waals surface area contributed by atoms with E-state index in [1.807, 2.05) is 30.5 Å². The topological polar surface area (TPSA) is 93.3 Å². The first-order valence-electron chi connectivity index (χ1n) is 8.88. The maximum Gasteiger partial charge on any atom is 0.337 e. The summed E-state index contributed by atoms with van der Waals surface area (Å²) in [6, 6.07) is 12.7. The molecule has 7 nitrogen and oxygen atoms in total. The van der Waals surface area contributed by atoms with Crippen LogP contribution in [0.2, 0.25) is 0 Å². The van der Waals surface area contributed by atoms with E-state index in [4.69, 9.17) is 9.47 Å². The normalized spacial score (nSPS) is 15.2. The van der Waals surface area contributed by atoms with Gasteiger partial charge in [0.05, 0.1) is 24.8 Å². The Morgan fingerprint density at radius 1 is 1.18 bits per heavy atom. The number of anilines is 1. The number of aromatic amines is 1. The monoisotopic (exact) mass is 377 g/mol. The van der Waals surface area contributed by atoms with Crippen molar-refractivity contribution in [2.45, 2.75) is 6.42 Å². The summed E-state index contributed by atoms with van der Waals surface area (Å²) in [5.74, 6) is -0.174. The van der Waals surface area contributed by atoms with Crippen molar-refractivity contribution in [3.05, 3.63) is 66.0 Å². The van der Waals surface area contributed by atoms with Gasteiger partial charge in [0.15, 0.2) is 0 Å². The van der Waals surface area contributed by atoms with E-state index in [1.54, 1.807) is 24.4 Å². The van der Waals surface area contributed by atoms with Crippen molar-refractivity contribution in [3.63, 3.8) is 0 Å². The first-order chi connectivity index (χ1) is 13.6. The molecule has 2 heterocycles. The number of nitrogens with one attached hydrogen (secondary N) is 2. The molecular weight excluding hydrogens is 358 g/mol. The largest absolute Gasteiger partial charge is 0.492 e. The molecule has 7 heteroatoms. The highest BCUT2D eigenvalue weighted by molar-refractivity contribution is 5.93. The van der Waals surface area contributed by atoms with Crippen LogP contribution in [0.4, 0.5) is 5.69 Å². The van der Waals surface area contributed by atoms with Gasteiger partial charge in [-0.1, -0.05) is 12.1 Å². The number of aromatic nitrogens is 2. The Hall–Kier alpha value is -3.61. The van der Waals surface area contributed by atoms with Crippen molar-refractivity contribution in [1.82, 2.24) is 10.2 Å². The fraction of sp³-hybridized carbons (Fsp3) is 0.190. The number of carbonyl (C=O) groups is 2. The third-order valence-corrected chi connectivity index (χ3v) is 4.74. The molecule has 0 saturated carbocycles. The van der Waals surface area contributed by atoms with E-state index in [1.165, 1.54) is 7.11 Å². The molecular formula is C21H19N3O4. The molecule has 1 atom stereocenters. The number of benzene rings is 2. The molecule has 1 aliphatic rings. The number of ether oxygens (including phenoxy) is 2. The molecule has 0 saturated heterocycles. The van der Waals surface area contributed by atoms with E-state index in [0.717, 1.165) is 16.7 Å². The summed E-state index contributed by atoms with van der Waals surface area (Å²) in [6.45, 7) is 0.295. The third-order valence-electron chi connectivity index (χ3n) is 4.74. The van der Waals surface area contributed by atoms with Crippen LogP contribution in [-0.2, 0) is 16.0 Å². The average molecular weight is 377 g/mol. The summed E-state index contributed by atoms with van der Waals surface area (Å²) in [4.78, 5) is 24.4. The summed E-state index contributed by atoms with van der Waals surface area (Å²) in [5.41, 5.74) is 3.98. The maximum atomic E-state index is 12.7. The molecule has 0 spiro atoms. The van der Waals surface area contributed by atoms with E-state index in [9.17, 15) is 9.59 Å². The van der Waals surface area contributed by atoms with Gasteiger partial charge in [0.25, 0.3) is 0 Å². The molecule has 0 radical (unpaired) electrons. The smallest absolute Gasteiger partial charge is 0.337 e. The summed E-state index contributed by atoms with van der Waals surface area (Å²) in [6.07, 6.45) is 4.05. The number of carbonyl (C=O) groups excluding carboxylic acids is 2. The van der Waals surface area contributed by atoms with Crippen molar-refractivity contribution < 1.29 is 19.1 Å².